The molecule has 8 heteroatoms. The molecule has 8 nitrogen and oxygen atoms in total. The summed E-state index contributed by atoms with van der Waals surface area (Å²) in [6, 6.07) is 8.90. The van der Waals surface area contributed by atoms with Crippen molar-refractivity contribution in [1.82, 2.24) is 19.7 Å². The molecule has 2 aromatic heterocycles. The summed E-state index contributed by atoms with van der Waals surface area (Å²) in [5.41, 5.74) is 7.14. The highest BCUT2D eigenvalue weighted by Crippen LogP contribution is 2.27. The molecule has 3 N–H and O–H groups in total. The van der Waals surface area contributed by atoms with Crippen LogP contribution in [0.15, 0.2) is 30.3 Å². The number of carbonyl (C=O) groups excluding carboxylic acids is 1. The van der Waals surface area contributed by atoms with Crippen molar-refractivity contribution in [3.63, 3.8) is 0 Å². The zero-order valence-electron chi connectivity index (χ0n) is 13.1. The fraction of sp³-hybridized carbons (Fsp3) is 0.200. The van der Waals surface area contributed by atoms with E-state index in [1.165, 1.54) is 0 Å². The highest BCUT2D eigenvalue weighted by molar-refractivity contribution is 6.09. The maximum Gasteiger partial charge on any atom is 0.256 e. The Labute approximate surface area is 132 Å². The van der Waals surface area contributed by atoms with Crippen molar-refractivity contribution in [2.75, 3.05) is 30.0 Å². The van der Waals surface area contributed by atoms with Crippen LogP contribution in [0.1, 0.15) is 10.4 Å². The normalized spacial score (nSPS) is 10.7. The molecule has 23 heavy (non-hydrogen) atoms. The molecule has 0 atom stereocenters. The van der Waals surface area contributed by atoms with Gasteiger partial charge in [0.15, 0.2) is 11.5 Å². The second kappa shape index (κ2) is 5.56. The Kier molecular flexibility index (Phi) is 3.57. The van der Waals surface area contributed by atoms with Crippen LogP contribution in [0.2, 0.25) is 0 Å². The highest BCUT2D eigenvalue weighted by atomic mass is 16.1. The van der Waals surface area contributed by atoms with Gasteiger partial charge in [-0.05, 0) is 12.1 Å². The van der Waals surface area contributed by atoms with E-state index < -0.39 is 0 Å². The Morgan fingerprint density at radius 3 is 2.57 bits per heavy atom. The van der Waals surface area contributed by atoms with Gasteiger partial charge in [0, 0.05) is 26.7 Å². The summed E-state index contributed by atoms with van der Waals surface area (Å²) in [5, 5.41) is 7.60. The molecule has 0 spiro atoms. The van der Waals surface area contributed by atoms with E-state index in [1.807, 2.05) is 20.2 Å². The summed E-state index contributed by atoms with van der Waals surface area (Å²) in [6.45, 7) is 0. The van der Waals surface area contributed by atoms with Crippen molar-refractivity contribution in [2.45, 2.75) is 0 Å². The lowest BCUT2D eigenvalue weighted by molar-refractivity contribution is 0.102. The van der Waals surface area contributed by atoms with Gasteiger partial charge in [0.05, 0.1) is 0 Å². The van der Waals surface area contributed by atoms with E-state index in [0.717, 1.165) is 0 Å². The van der Waals surface area contributed by atoms with Gasteiger partial charge in [0.2, 0.25) is 5.95 Å². The lowest BCUT2D eigenvalue weighted by atomic mass is 10.2. The van der Waals surface area contributed by atoms with E-state index in [0.29, 0.717) is 28.4 Å². The monoisotopic (exact) mass is 311 g/mol. The van der Waals surface area contributed by atoms with Gasteiger partial charge >= 0.3 is 0 Å². The summed E-state index contributed by atoms with van der Waals surface area (Å²) in [5.74, 6) is 0.843. The third-order valence-electron chi connectivity index (χ3n) is 3.37. The minimum Gasteiger partial charge on any atom is -0.383 e. The van der Waals surface area contributed by atoms with Crippen LogP contribution >= 0.6 is 0 Å². The number of nitrogen functional groups attached to an aromatic ring is 1. The number of anilines is 3. The maximum absolute atomic E-state index is 12.3. The Balaban J connectivity index is 2.04. The van der Waals surface area contributed by atoms with Crippen LogP contribution in [0.3, 0.4) is 0 Å². The Morgan fingerprint density at radius 1 is 1.22 bits per heavy atom. The first-order chi connectivity index (χ1) is 11.0. The standard InChI is InChI=1S/C15H17N7O/c1-21(2)15-17-11(16)10-12(20-22(3)13(10)19-15)18-14(23)9-7-5-4-6-8-9/h4-8H,1-3H3,(H2,16,17,19)(H,18,20,23). The van der Waals surface area contributed by atoms with Crippen molar-refractivity contribution in [2.24, 2.45) is 7.05 Å². The summed E-state index contributed by atoms with van der Waals surface area (Å²) >= 11 is 0. The van der Waals surface area contributed by atoms with Crippen molar-refractivity contribution < 1.29 is 4.79 Å². The number of hydrogen-bond acceptors (Lipinski definition) is 6. The Bertz CT molecular complexity index is 870. The van der Waals surface area contributed by atoms with Crippen molar-refractivity contribution in [3.05, 3.63) is 35.9 Å². The van der Waals surface area contributed by atoms with E-state index in [1.54, 1.807) is 40.9 Å². The Morgan fingerprint density at radius 2 is 1.91 bits per heavy atom. The number of aryl methyl sites for hydroxylation is 1. The average molecular weight is 311 g/mol. The molecule has 0 fully saturated rings. The summed E-state index contributed by atoms with van der Waals surface area (Å²) in [4.78, 5) is 22.7. The number of fused-ring (bicyclic) bond motifs is 1. The highest BCUT2D eigenvalue weighted by Gasteiger charge is 2.18. The fourth-order valence-electron chi connectivity index (χ4n) is 2.22. The van der Waals surface area contributed by atoms with Crippen molar-refractivity contribution in [3.8, 4) is 0 Å². The first-order valence-electron chi connectivity index (χ1n) is 7.01. The molecular formula is C15H17N7O. The number of nitrogens with one attached hydrogen (secondary N) is 1. The predicted octanol–water partition coefficient (Wildman–Crippen LogP) is 1.26. The summed E-state index contributed by atoms with van der Waals surface area (Å²) in [7, 11) is 5.40. The molecule has 0 unspecified atom stereocenters. The number of nitrogens with two attached hydrogens (primary N) is 1. The molecule has 0 saturated carbocycles. The van der Waals surface area contributed by atoms with Gasteiger partial charge in [-0.1, -0.05) is 18.2 Å². The minimum atomic E-state index is -0.262. The largest absolute Gasteiger partial charge is 0.383 e. The average Bonchev–Trinajstić information content (AvgIpc) is 2.84. The van der Waals surface area contributed by atoms with E-state index in [9.17, 15) is 4.79 Å². The molecule has 0 aliphatic carbocycles. The van der Waals surface area contributed by atoms with Crippen molar-refractivity contribution in [1.29, 1.82) is 0 Å². The molecule has 1 aromatic carbocycles. The second-order valence-corrected chi connectivity index (χ2v) is 5.29. The lowest BCUT2D eigenvalue weighted by Gasteiger charge is -2.10. The lowest BCUT2D eigenvalue weighted by Crippen LogP contribution is -2.14. The van der Waals surface area contributed by atoms with Gasteiger partial charge in [-0.15, -0.1) is 0 Å². The molecule has 0 bridgehead atoms. The number of benzene rings is 1. The molecule has 2 heterocycles. The second-order valence-electron chi connectivity index (χ2n) is 5.29. The molecule has 0 aliphatic heterocycles. The number of rotatable bonds is 3. The van der Waals surface area contributed by atoms with Crippen LogP contribution in [0, 0.1) is 0 Å². The fourth-order valence-corrected chi connectivity index (χ4v) is 2.22. The first-order valence-corrected chi connectivity index (χ1v) is 7.01. The van der Waals surface area contributed by atoms with E-state index in [4.69, 9.17) is 5.73 Å². The Hall–Kier alpha value is -3.16. The van der Waals surface area contributed by atoms with Crippen molar-refractivity contribution >= 4 is 34.5 Å². The van der Waals surface area contributed by atoms with Crippen LogP contribution in [0.5, 0.6) is 0 Å². The topological polar surface area (TPSA) is 102 Å². The maximum atomic E-state index is 12.3. The number of hydrogen-bond donors (Lipinski definition) is 2. The summed E-state index contributed by atoms with van der Waals surface area (Å²) in [6.07, 6.45) is 0. The van der Waals surface area contributed by atoms with Gasteiger partial charge in [0.1, 0.15) is 11.2 Å². The van der Waals surface area contributed by atoms with Gasteiger partial charge in [-0.2, -0.15) is 15.1 Å². The van der Waals surface area contributed by atoms with Crippen LogP contribution < -0.4 is 16.0 Å². The van der Waals surface area contributed by atoms with Crippen LogP contribution in [0.25, 0.3) is 11.0 Å². The van der Waals surface area contributed by atoms with Crippen LogP contribution in [-0.4, -0.2) is 39.8 Å². The number of amides is 1. The molecule has 0 saturated heterocycles. The smallest absolute Gasteiger partial charge is 0.256 e. The zero-order valence-corrected chi connectivity index (χ0v) is 13.1. The van der Waals surface area contributed by atoms with Gasteiger partial charge < -0.3 is 16.0 Å². The number of aromatic nitrogens is 4. The van der Waals surface area contributed by atoms with Gasteiger partial charge in [-0.25, -0.2) is 4.68 Å². The number of nitrogens with zero attached hydrogens (tertiary/aromatic N) is 5. The third kappa shape index (κ3) is 2.66. The van der Waals surface area contributed by atoms with Gasteiger partial charge in [0.25, 0.3) is 5.91 Å². The molecule has 1 amide bonds. The molecule has 3 aromatic rings. The van der Waals surface area contributed by atoms with E-state index in [2.05, 4.69) is 20.4 Å². The minimum absolute atomic E-state index is 0.262. The third-order valence-corrected chi connectivity index (χ3v) is 3.37. The molecule has 3 rings (SSSR count). The van der Waals surface area contributed by atoms with E-state index >= 15 is 0 Å². The van der Waals surface area contributed by atoms with Crippen LogP contribution in [0.4, 0.5) is 17.6 Å². The zero-order chi connectivity index (χ0) is 16.6. The molecule has 118 valence electrons. The molecule has 0 radical (unpaired) electrons. The van der Waals surface area contributed by atoms with Crippen LogP contribution in [-0.2, 0) is 7.05 Å². The van der Waals surface area contributed by atoms with Gasteiger partial charge in [-0.3, -0.25) is 4.79 Å². The number of carbonyl (C=O) groups is 1. The predicted molar refractivity (Wildman–Crippen MR) is 89.4 cm³/mol. The molecular weight excluding hydrogens is 294 g/mol. The summed E-state index contributed by atoms with van der Waals surface area (Å²) < 4.78 is 1.57. The SMILES string of the molecule is CN(C)c1nc(N)c2c(NC(=O)c3ccccc3)nn(C)c2n1. The van der Waals surface area contributed by atoms with E-state index in [-0.39, 0.29) is 11.7 Å². The molecule has 0 aliphatic rings. The first kappa shape index (κ1) is 14.8. The quantitative estimate of drug-likeness (QED) is 0.755.